The van der Waals surface area contributed by atoms with E-state index in [0.717, 1.165) is 28.7 Å². The Labute approximate surface area is 169 Å². The molecule has 2 aliphatic heterocycles. The third-order valence-corrected chi connectivity index (χ3v) is 5.17. The monoisotopic (exact) mass is 384 g/mol. The molecule has 2 aromatic rings. The summed E-state index contributed by atoms with van der Waals surface area (Å²) in [6.07, 6.45) is 8.92. The molecule has 1 aromatic heterocycles. The predicted molar refractivity (Wildman–Crippen MR) is 111 cm³/mol. The second-order valence-electron chi connectivity index (χ2n) is 7.11. The number of aromatic nitrogens is 1. The Hall–Kier alpha value is -3.72. The second kappa shape index (κ2) is 8.11. The zero-order chi connectivity index (χ0) is 20.2. The molecule has 0 aliphatic carbocycles. The van der Waals surface area contributed by atoms with Gasteiger partial charge in [-0.2, -0.15) is 5.26 Å². The molecule has 0 saturated carbocycles. The van der Waals surface area contributed by atoms with Crippen molar-refractivity contribution in [2.45, 2.75) is 19.3 Å². The number of nitriles is 1. The van der Waals surface area contributed by atoms with Crippen LogP contribution in [-0.4, -0.2) is 34.8 Å². The Balaban J connectivity index is 1.40. The molecule has 2 aliphatic rings. The molecular formula is C23H20N4O2. The molecule has 0 unspecified atom stereocenters. The van der Waals surface area contributed by atoms with E-state index in [-0.39, 0.29) is 11.8 Å². The van der Waals surface area contributed by atoms with Gasteiger partial charge in [-0.15, -0.1) is 0 Å². The van der Waals surface area contributed by atoms with Crippen molar-refractivity contribution in [2.75, 3.05) is 18.4 Å². The van der Waals surface area contributed by atoms with Crippen LogP contribution in [0.15, 0.2) is 48.7 Å². The minimum atomic E-state index is -0.0444. The summed E-state index contributed by atoms with van der Waals surface area (Å²) < 4.78 is 0. The zero-order valence-electron chi connectivity index (χ0n) is 15.9. The summed E-state index contributed by atoms with van der Waals surface area (Å²) in [7, 11) is 0. The van der Waals surface area contributed by atoms with E-state index in [2.05, 4.69) is 22.4 Å². The van der Waals surface area contributed by atoms with Crippen molar-refractivity contribution in [1.82, 2.24) is 9.88 Å². The number of carbonyl (C=O) groups excluding carboxylic acids is 2. The molecule has 0 saturated heterocycles. The SMILES string of the molecule is N#Cc1cccc(C2=CCN(C(=O)C=Cc3cnc4c(c3)CCC(=O)N4)CC2)c1. The number of rotatable bonds is 3. The maximum Gasteiger partial charge on any atom is 0.246 e. The number of pyridine rings is 1. The maximum absolute atomic E-state index is 12.5. The van der Waals surface area contributed by atoms with Gasteiger partial charge in [-0.3, -0.25) is 9.59 Å². The van der Waals surface area contributed by atoms with Crippen molar-refractivity contribution < 1.29 is 9.59 Å². The summed E-state index contributed by atoms with van der Waals surface area (Å²) in [6.45, 7) is 1.18. The molecule has 0 spiro atoms. The van der Waals surface area contributed by atoms with Gasteiger partial charge in [-0.05, 0) is 59.4 Å². The second-order valence-corrected chi connectivity index (χ2v) is 7.11. The number of carbonyl (C=O) groups is 2. The Morgan fingerprint density at radius 2 is 2.14 bits per heavy atom. The van der Waals surface area contributed by atoms with E-state index >= 15 is 0 Å². The van der Waals surface area contributed by atoms with Crippen molar-refractivity contribution in [3.05, 3.63) is 70.9 Å². The van der Waals surface area contributed by atoms with E-state index in [9.17, 15) is 9.59 Å². The Kier molecular flexibility index (Phi) is 5.21. The highest BCUT2D eigenvalue weighted by Crippen LogP contribution is 2.24. The fourth-order valence-electron chi connectivity index (χ4n) is 3.56. The molecule has 29 heavy (non-hydrogen) atoms. The van der Waals surface area contributed by atoms with Gasteiger partial charge in [0.2, 0.25) is 11.8 Å². The molecule has 2 amide bonds. The average Bonchev–Trinajstić information content (AvgIpc) is 2.77. The van der Waals surface area contributed by atoms with Crippen LogP contribution in [0.3, 0.4) is 0 Å². The normalized spacial score (nSPS) is 16.0. The lowest BCUT2D eigenvalue weighted by molar-refractivity contribution is -0.125. The molecular weight excluding hydrogens is 364 g/mol. The lowest BCUT2D eigenvalue weighted by atomic mass is 9.98. The number of hydrogen-bond donors (Lipinski definition) is 1. The number of fused-ring (bicyclic) bond motifs is 1. The smallest absolute Gasteiger partial charge is 0.246 e. The van der Waals surface area contributed by atoms with Crippen molar-refractivity contribution >= 4 is 29.3 Å². The molecule has 6 heteroatoms. The number of aryl methyl sites for hydroxylation is 1. The van der Waals surface area contributed by atoms with E-state index in [4.69, 9.17) is 5.26 Å². The summed E-state index contributed by atoms with van der Waals surface area (Å²) in [5, 5.41) is 11.8. The number of nitrogens with zero attached hydrogens (tertiary/aromatic N) is 3. The van der Waals surface area contributed by atoms with Gasteiger partial charge in [0.25, 0.3) is 0 Å². The summed E-state index contributed by atoms with van der Waals surface area (Å²) >= 11 is 0. The lowest BCUT2D eigenvalue weighted by Crippen LogP contribution is -2.33. The van der Waals surface area contributed by atoms with Gasteiger partial charge >= 0.3 is 0 Å². The molecule has 0 atom stereocenters. The van der Waals surface area contributed by atoms with Crippen LogP contribution in [0.25, 0.3) is 11.6 Å². The fourth-order valence-corrected chi connectivity index (χ4v) is 3.56. The highest BCUT2D eigenvalue weighted by molar-refractivity contribution is 5.94. The third kappa shape index (κ3) is 4.25. The first kappa shape index (κ1) is 18.6. The van der Waals surface area contributed by atoms with Crippen molar-refractivity contribution in [1.29, 1.82) is 5.26 Å². The Morgan fingerprint density at radius 3 is 2.93 bits per heavy atom. The van der Waals surface area contributed by atoms with Crippen LogP contribution < -0.4 is 5.32 Å². The number of amides is 2. The minimum absolute atomic E-state index is 0.0136. The van der Waals surface area contributed by atoms with Crippen LogP contribution in [0.2, 0.25) is 0 Å². The van der Waals surface area contributed by atoms with E-state index in [1.807, 2.05) is 24.3 Å². The molecule has 0 fully saturated rings. The number of nitrogens with one attached hydrogen (secondary N) is 1. The van der Waals surface area contributed by atoms with Gasteiger partial charge in [-0.25, -0.2) is 4.98 Å². The van der Waals surface area contributed by atoms with Gasteiger partial charge < -0.3 is 10.2 Å². The molecule has 1 aromatic carbocycles. The van der Waals surface area contributed by atoms with Gasteiger partial charge in [0.1, 0.15) is 5.82 Å². The summed E-state index contributed by atoms with van der Waals surface area (Å²) in [4.78, 5) is 30.0. The summed E-state index contributed by atoms with van der Waals surface area (Å²) in [6, 6.07) is 11.7. The van der Waals surface area contributed by atoms with Gasteiger partial charge in [0.15, 0.2) is 0 Å². The third-order valence-electron chi connectivity index (χ3n) is 5.17. The summed E-state index contributed by atoms with van der Waals surface area (Å²) in [5.41, 5.74) is 4.68. The average molecular weight is 384 g/mol. The number of hydrogen-bond acceptors (Lipinski definition) is 4. The Morgan fingerprint density at radius 1 is 1.24 bits per heavy atom. The van der Waals surface area contributed by atoms with Crippen LogP contribution in [0.5, 0.6) is 0 Å². The topological polar surface area (TPSA) is 86.1 Å². The van der Waals surface area contributed by atoms with E-state index in [1.165, 1.54) is 0 Å². The van der Waals surface area contributed by atoms with Crippen LogP contribution in [-0.2, 0) is 16.0 Å². The molecule has 3 heterocycles. The summed E-state index contributed by atoms with van der Waals surface area (Å²) in [5.74, 6) is 0.552. The van der Waals surface area contributed by atoms with Crippen molar-refractivity contribution in [2.24, 2.45) is 0 Å². The maximum atomic E-state index is 12.5. The van der Waals surface area contributed by atoms with Gasteiger partial charge in [-0.1, -0.05) is 18.2 Å². The largest absolute Gasteiger partial charge is 0.335 e. The first-order valence-corrected chi connectivity index (χ1v) is 9.58. The van der Waals surface area contributed by atoms with E-state index < -0.39 is 0 Å². The molecule has 4 rings (SSSR count). The standard InChI is InChI=1S/C23H20N4O2/c24-14-16-2-1-3-19(12-16)18-8-10-27(11-9-18)22(29)7-4-17-13-20-5-6-21(28)26-23(20)25-15-17/h1-4,7-8,12-13,15H,5-6,9-11H2,(H,25,26,28). The minimum Gasteiger partial charge on any atom is -0.335 e. The predicted octanol–water partition coefficient (Wildman–Crippen LogP) is 3.17. The highest BCUT2D eigenvalue weighted by Gasteiger charge is 2.17. The van der Waals surface area contributed by atoms with Crippen LogP contribution in [0, 0.1) is 11.3 Å². The highest BCUT2D eigenvalue weighted by atomic mass is 16.2. The van der Waals surface area contributed by atoms with Crippen LogP contribution in [0.4, 0.5) is 5.82 Å². The molecule has 144 valence electrons. The molecule has 6 nitrogen and oxygen atoms in total. The zero-order valence-corrected chi connectivity index (χ0v) is 15.9. The fraction of sp³-hybridized carbons (Fsp3) is 0.217. The first-order chi connectivity index (χ1) is 14.1. The quantitative estimate of drug-likeness (QED) is 0.824. The van der Waals surface area contributed by atoms with Gasteiger partial charge in [0.05, 0.1) is 11.6 Å². The molecule has 1 N–H and O–H groups in total. The van der Waals surface area contributed by atoms with Crippen LogP contribution >= 0.6 is 0 Å². The van der Waals surface area contributed by atoms with Gasteiger partial charge in [0, 0.05) is 31.8 Å². The first-order valence-electron chi connectivity index (χ1n) is 9.58. The van der Waals surface area contributed by atoms with Crippen molar-refractivity contribution in [3.8, 4) is 6.07 Å². The van der Waals surface area contributed by atoms with Crippen molar-refractivity contribution in [3.63, 3.8) is 0 Å². The Bertz CT molecular complexity index is 1080. The lowest BCUT2D eigenvalue weighted by Gasteiger charge is -2.25. The van der Waals surface area contributed by atoms with E-state index in [1.54, 1.807) is 29.3 Å². The molecule has 0 radical (unpaired) electrons. The number of benzene rings is 1. The van der Waals surface area contributed by atoms with Crippen LogP contribution in [0.1, 0.15) is 35.1 Å². The molecule has 0 bridgehead atoms. The number of anilines is 1. The van der Waals surface area contributed by atoms with E-state index in [0.29, 0.717) is 37.3 Å².